The van der Waals surface area contributed by atoms with E-state index < -0.39 is 11.4 Å². The Morgan fingerprint density at radius 1 is 1.46 bits per heavy atom. The molecule has 0 radical (unpaired) electrons. The van der Waals surface area contributed by atoms with Crippen molar-refractivity contribution in [2.24, 2.45) is 5.41 Å². The molecule has 0 bridgehead atoms. The minimum Gasteiger partial charge on any atom is -0.463 e. The topological polar surface area (TPSA) is 43.4 Å². The van der Waals surface area contributed by atoms with E-state index in [2.05, 4.69) is 0 Å². The fourth-order valence-electron chi connectivity index (χ4n) is 0.640. The van der Waals surface area contributed by atoms with Crippen LogP contribution in [0.25, 0.3) is 0 Å². The summed E-state index contributed by atoms with van der Waals surface area (Å²) in [5.74, 6) is -0.394. The highest BCUT2D eigenvalue weighted by Gasteiger charge is 2.19. The molecular formula is C10H16O3. The number of carbonyl (C=O) groups is 2. The summed E-state index contributed by atoms with van der Waals surface area (Å²) >= 11 is 0. The van der Waals surface area contributed by atoms with Crippen LogP contribution in [-0.2, 0) is 14.3 Å². The molecule has 0 aromatic carbocycles. The van der Waals surface area contributed by atoms with Gasteiger partial charge in [0.15, 0.2) is 0 Å². The highest BCUT2D eigenvalue weighted by molar-refractivity contribution is 5.84. The summed E-state index contributed by atoms with van der Waals surface area (Å²) < 4.78 is 4.72. The van der Waals surface area contributed by atoms with E-state index in [1.54, 1.807) is 27.7 Å². The number of hydrogen-bond donors (Lipinski definition) is 0. The molecule has 0 unspecified atom stereocenters. The van der Waals surface area contributed by atoms with Gasteiger partial charge in [-0.3, -0.25) is 0 Å². The number of esters is 1. The summed E-state index contributed by atoms with van der Waals surface area (Å²) in [6.45, 7) is 7.34. The van der Waals surface area contributed by atoms with Crippen LogP contribution in [0.5, 0.6) is 0 Å². The van der Waals surface area contributed by atoms with Crippen LogP contribution in [0.3, 0.4) is 0 Å². The van der Waals surface area contributed by atoms with Crippen LogP contribution >= 0.6 is 0 Å². The lowest BCUT2D eigenvalue weighted by Crippen LogP contribution is -2.16. The van der Waals surface area contributed by atoms with Gasteiger partial charge in [-0.15, -0.1) is 0 Å². The van der Waals surface area contributed by atoms with Crippen molar-refractivity contribution in [3.05, 3.63) is 11.6 Å². The number of allylic oxidation sites excluding steroid dienone is 1. The first-order chi connectivity index (χ1) is 5.94. The van der Waals surface area contributed by atoms with E-state index in [1.807, 2.05) is 0 Å². The third-order valence-corrected chi connectivity index (χ3v) is 1.93. The van der Waals surface area contributed by atoms with Crippen LogP contribution in [0, 0.1) is 5.41 Å². The van der Waals surface area contributed by atoms with Gasteiger partial charge in [0.25, 0.3) is 0 Å². The molecule has 0 aliphatic rings. The number of rotatable bonds is 4. The number of carbonyl (C=O) groups excluding carboxylic acids is 2. The van der Waals surface area contributed by atoms with Crippen LogP contribution in [-0.4, -0.2) is 18.9 Å². The lowest BCUT2D eigenvalue weighted by Gasteiger charge is -2.17. The molecule has 0 heterocycles. The van der Waals surface area contributed by atoms with Crippen LogP contribution in [0.4, 0.5) is 0 Å². The number of ether oxygens (including phenoxy) is 1. The molecule has 0 saturated carbocycles. The van der Waals surface area contributed by atoms with Gasteiger partial charge in [-0.05, 0) is 27.7 Å². The van der Waals surface area contributed by atoms with Crippen molar-refractivity contribution in [2.45, 2.75) is 27.7 Å². The minimum atomic E-state index is -0.591. The maximum Gasteiger partial charge on any atom is 0.330 e. The van der Waals surface area contributed by atoms with Gasteiger partial charge in [0.05, 0.1) is 6.61 Å². The largest absolute Gasteiger partial charge is 0.463 e. The summed E-state index contributed by atoms with van der Waals surface area (Å²) in [6.07, 6.45) is 2.18. The average Bonchev–Trinajstić information content (AvgIpc) is 2.04. The van der Waals surface area contributed by atoms with Gasteiger partial charge < -0.3 is 9.53 Å². The Bertz CT molecular complexity index is 226. The Morgan fingerprint density at radius 3 is 2.38 bits per heavy atom. The third-order valence-electron chi connectivity index (χ3n) is 1.93. The quantitative estimate of drug-likeness (QED) is 0.379. The molecule has 0 rings (SSSR count). The van der Waals surface area contributed by atoms with Crippen LogP contribution < -0.4 is 0 Å². The smallest absolute Gasteiger partial charge is 0.330 e. The third kappa shape index (κ3) is 3.87. The lowest BCUT2D eigenvalue weighted by molar-refractivity contribution is -0.137. The summed E-state index contributed by atoms with van der Waals surface area (Å²) in [7, 11) is 0. The van der Waals surface area contributed by atoms with Crippen molar-refractivity contribution in [1.82, 2.24) is 0 Å². The predicted octanol–water partition coefficient (Wildman–Crippen LogP) is 1.72. The number of hydrogen-bond acceptors (Lipinski definition) is 3. The van der Waals surface area contributed by atoms with Crippen molar-refractivity contribution in [1.29, 1.82) is 0 Å². The highest BCUT2D eigenvalue weighted by atomic mass is 16.5. The zero-order chi connectivity index (χ0) is 10.5. The summed E-state index contributed by atoms with van der Waals surface area (Å²) in [5.41, 5.74) is 0.119. The molecular weight excluding hydrogens is 168 g/mol. The van der Waals surface area contributed by atoms with Gasteiger partial charge in [0, 0.05) is 11.5 Å². The van der Waals surface area contributed by atoms with Crippen LogP contribution in [0.1, 0.15) is 27.7 Å². The van der Waals surface area contributed by atoms with E-state index in [1.165, 1.54) is 6.08 Å². The molecule has 0 aliphatic heterocycles. The van der Waals surface area contributed by atoms with E-state index in [4.69, 9.17) is 4.74 Å². The highest BCUT2D eigenvalue weighted by Crippen LogP contribution is 2.22. The first kappa shape index (κ1) is 11.9. The van der Waals surface area contributed by atoms with Crippen molar-refractivity contribution in [3.8, 4) is 0 Å². The molecule has 0 saturated heterocycles. The SMILES string of the molecule is CCOC(=O)/C=C(\C)C(C)(C)C=O. The molecule has 0 aromatic rings. The second-order valence-electron chi connectivity index (χ2n) is 3.42. The molecule has 0 fully saturated rings. The van der Waals surface area contributed by atoms with Gasteiger partial charge in [-0.1, -0.05) is 5.57 Å². The second kappa shape index (κ2) is 4.80. The van der Waals surface area contributed by atoms with E-state index >= 15 is 0 Å². The second-order valence-corrected chi connectivity index (χ2v) is 3.42. The zero-order valence-electron chi connectivity index (χ0n) is 8.59. The summed E-state index contributed by atoms with van der Waals surface area (Å²) in [5, 5.41) is 0. The maximum atomic E-state index is 11.0. The lowest BCUT2D eigenvalue weighted by atomic mass is 9.87. The fourth-order valence-corrected chi connectivity index (χ4v) is 0.640. The van der Waals surface area contributed by atoms with Gasteiger partial charge in [-0.25, -0.2) is 4.79 Å². The molecule has 0 spiro atoms. The summed E-state index contributed by atoms with van der Waals surface area (Å²) in [4.78, 5) is 21.6. The molecule has 13 heavy (non-hydrogen) atoms. The van der Waals surface area contributed by atoms with Crippen molar-refractivity contribution in [3.63, 3.8) is 0 Å². The zero-order valence-corrected chi connectivity index (χ0v) is 8.59. The van der Waals surface area contributed by atoms with Gasteiger partial charge in [-0.2, -0.15) is 0 Å². The first-order valence-electron chi connectivity index (χ1n) is 4.26. The number of aldehydes is 1. The first-order valence-corrected chi connectivity index (χ1v) is 4.26. The minimum absolute atomic E-state index is 0.351. The summed E-state index contributed by atoms with van der Waals surface area (Å²) in [6, 6.07) is 0. The Morgan fingerprint density at radius 2 is 2.00 bits per heavy atom. The molecule has 0 aliphatic carbocycles. The predicted molar refractivity (Wildman–Crippen MR) is 50.2 cm³/mol. The Labute approximate surface area is 78.8 Å². The van der Waals surface area contributed by atoms with Crippen molar-refractivity contribution in [2.75, 3.05) is 6.61 Å². The van der Waals surface area contributed by atoms with E-state index in [-0.39, 0.29) is 0 Å². The van der Waals surface area contributed by atoms with E-state index in [9.17, 15) is 9.59 Å². The standard InChI is InChI=1S/C10H16O3/c1-5-13-9(12)6-8(2)10(3,4)7-11/h6-7H,5H2,1-4H3/b8-6+. The van der Waals surface area contributed by atoms with E-state index in [0.29, 0.717) is 12.2 Å². The van der Waals surface area contributed by atoms with Gasteiger partial charge in [0.1, 0.15) is 6.29 Å². The normalized spacial score (nSPS) is 12.5. The fraction of sp³-hybridized carbons (Fsp3) is 0.600. The molecule has 3 nitrogen and oxygen atoms in total. The van der Waals surface area contributed by atoms with Crippen LogP contribution in [0.2, 0.25) is 0 Å². The van der Waals surface area contributed by atoms with Crippen molar-refractivity contribution < 1.29 is 14.3 Å². The Kier molecular flexibility index (Phi) is 4.38. The van der Waals surface area contributed by atoms with Gasteiger partial charge >= 0.3 is 5.97 Å². The maximum absolute atomic E-state index is 11.0. The Balaban J connectivity index is 4.48. The van der Waals surface area contributed by atoms with Crippen molar-refractivity contribution >= 4 is 12.3 Å². The average molecular weight is 184 g/mol. The van der Waals surface area contributed by atoms with Crippen LogP contribution in [0.15, 0.2) is 11.6 Å². The molecule has 0 amide bonds. The molecule has 0 atom stereocenters. The van der Waals surface area contributed by atoms with E-state index in [0.717, 1.165) is 6.29 Å². The molecule has 0 N–H and O–H groups in total. The molecule has 0 aromatic heterocycles. The Hall–Kier alpha value is -1.12. The monoisotopic (exact) mass is 184 g/mol. The van der Waals surface area contributed by atoms with Gasteiger partial charge in [0.2, 0.25) is 0 Å². The molecule has 3 heteroatoms. The molecule has 74 valence electrons.